The number of rotatable bonds is 7. The van der Waals surface area contributed by atoms with E-state index >= 15 is 0 Å². The van der Waals surface area contributed by atoms with Crippen LogP contribution in [0, 0.1) is 5.92 Å². The zero-order chi connectivity index (χ0) is 12.7. The lowest BCUT2D eigenvalue weighted by atomic mass is 9.94. The van der Waals surface area contributed by atoms with Crippen LogP contribution in [0.5, 0.6) is 0 Å². The Morgan fingerprint density at radius 3 is 2.65 bits per heavy atom. The lowest BCUT2D eigenvalue weighted by Gasteiger charge is -2.29. The summed E-state index contributed by atoms with van der Waals surface area (Å²) in [6.07, 6.45) is 3.70. The third-order valence-corrected chi connectivity index (χ3v) is 3.56. The molecule has 100 valence electrons. The molecule has 3 N–H and O–H groups in total. The van der Waals surface area contributed by atoms with Crippen molar-refractivity contribution in [3.8, 4) is 0 Å². The molecule has 1 rings (SSSR count). The molecule has 0 bridgehead atoms. The Morgan fingerprint density at radius 2 is 2.12 bits per heavy atom. The van der Waals surface area contributed by atoms with Gasteiger partial charge in [0.2, 0.25) is 0 Å². The minimum Gasteiger partial charge on any atom is -0.480 e. The molecule has 0 amide bonds. The van der Waals surface area contributed by atoms with E-state index in [1.54, 1.807) is 7.05 Å². The van der Waals surface area contributed by atoms with E-state index in [4.69, 9.17) is 5.11 Å². The van der Waals surface area contributed by atoms with E-state index in [9.17, 15) is 4.79 Å². The number of carboxylic acids is 1. The molecule has 1 atom stereocenters. The Hall–Kier alpha value is -0.650. The smallest absolute Gasteiger partial charge is 0.322 e. The molecule has 1 fully saturated rings. The van der Waals surface area contributed by atoms with Gasteiger partial charge in [0.15, 0.2) is 0 Å². The molecule has 1 saturated heterocycles. The Bertz CT molecular complexity index is 228. The number of carbonyl (C=O) groups is 1. The molecule has 17 heavy (non-hydrogen) atoms. The molecule has 1 aliphatic rings. The van der Waals surface area contributed by atoms with Crippen molar-refractivity contribution >= 4 is 5.97 Å². The summed E-state index contributed by atoms with van der Waals surface area (Å²) >= 11 is 0. The highest BCUT2D eigenvalue weighted by Crippen LogP contribution is 2.18. The van der Waals surface area contributed by atoms with Gasteiger partial charge in [-0.1, -0.05) is 0 Å². The fraction of sp³-hybridized carbons (Fsp3) is 0.917. The van der Waals surface area contributed by atoms with E-state index in [0.717, 1.165) is 18.9 Å². The quantitative estimate of drug-likeness (QED) is 0.549. The van der Waals surface area contributed by atoms with Crippen LogP contribution in [0.25, 0.3) is 0 Å². The maximum absolute atomic E-state index is 10.8. The number of nitrogens with one attached hydrogen (secondary N) is 2. The predicted octanol–water partition coefficient (Wildman–Crippen LogP) is -0.0195. The molecule has 5 heteroatoms. The Kier molecular flexibility index (Phi) is 6.47. The standard InChI is InChI=1S/C12H25N3O2/c1-13-11(12(16)17)9-14-6-3-10-4-7-15(2)8-5-10/h10-11,13-14H,3-9H2,1-2H3,(H,16,17). The summed E-state index contributed by atoms with van der Waals surface area (Å²) in [5, 5.41) is 14.8. The van der Waals surface area contributed by atoms with Crippen molar-refractivity contribution in [3.63, 3.8) is 0 Å². The minimum absolute atomic E-state index is 0.479. The van der Waals surface area contributed by atoms with E-state index in [-0.39, 0.29) is 0 Å². The molecule has 0 aliphatic carbocycles. The van der Waals surface area contributed by atoms with E-state index in [1.165, 1.54) is 25.9 Å². The molecular formula is C12H25N3O2. The fourth-order valence-corrected chi connectivity index (χ4v) is 2.22. The topological polar surface area (TPSA) is 64.6 Å². The summed E-state index contributed by atoms with van der Waals surface area (Å²) in [5.74, 6) is 0.0101. The number of carboxylic acid groups (broad SMARTS) is 1. The van der Waals surface area contributed by atoms with Gasteiger partial charge in [0, 0.05) is 6.54 Å². The van der Waals surface area contributed by atoms with Crippen LogP contribution >= 0.6 is 0 Å². The second-order valence-electron chi connectivity index (χ2n) is 4.92. The van der Waals surface area contributed by atoms with Crippen LogP contribution in [0.2, 0.25) is 0 Å². The third-order valence-electron chi connectivity index (χ3n) is 3.56. The van der Waals surface area contributed by atoms with Crippen LogP contribution in [-0.2, 0) is 4.79 Å². The molecule has 0 aromatic heterocycles. The third kappa shape index (κ3) is 5.48. The van der Waals surface area contributed by atoms with Crippen LogP contribution in [0.3, 0.4) is 0 Å². The lowest BCUT2D eigenvalue weighted by Crippen LogP contribution is -2.43. The average molecular weight is 243 g/mol. The van der Waals surface area contributed by atoms with Gasteiger partial charge in [0.25, 0.3) is 0 Å². The number of likely N-dealkylation sites (N-methyl/N-ethyl adjacent to an activating group) is 1. The monoisotopic (exact) mass is 243 g/mol. The van der Waals surface area contributed by atoms with Crippen molar-refractivity contribution < 1.29 is 9.90 Å². The van der Waals surface area contributed by atoms with Crippen molar-refractivity contribution in [2.45, 2.75) is 25.3 Å². The van der Waals surface area contributed by atoms with Crippen LogP contribution in [0.4, 0.5) is 0 Å². The Labute approximate surface area is 104 Å². The normalized spacial score (nSPS) is 20.4. The zero-order valence-electron chi connectivity index (χ0n) is 10.9. The summed E-state index contributed by atoms with van der Waals surface area (Å²) in [4.78, 5) is 13.1. The van der Waals surface area contributed by atoms with Gasteiger partial charge in [-0.25, -0.2) is 0 Å². The number of aliphatic carboxylic acids is 1. The summed E-state index contributed by atoms with van der Waals surface area (Å²) in [5.41, 5.74) is 0. The number of hydrogen-bond donors (Lipinski definition) is 3. The summed E-state index contributed by atoms with van der Waals surface area (Å²) < 4.78 is 0. The predicted molar refractivity (Wildman–Crippen MR) is 68.2 cm³/mol. The molecule has 0 spiro atoms. The van der Waals surface area contributed by atoms with Crippen molar-refractivity contribution in [1.82, 2.24) is 15.5 Å². The zero-order valence-corrected chi connectivity index (χ0v) is 10.9. The molecule has 5 nitrogen and oxygen atoms in total. The lowest BCUT2D eigenvalue weighted by molar-refractivity contribution is -0.139. The van der Waals surface area contributed by atoms with Gasteiger partial charge in [-0.3, -0.25) is 4.79 Å². The van der Waals surface area contributed by atoms with Gasteiger partial charge in [-0.15, -0.1) is 0 Å². The largest absolute Gasteiger partial charge is 0.480 e. The first-order valence-corrected chi connectivity index (χ1v) is 6.42. The second-order valence-corrected chi connectivity index (χ2v) is 4.92. The van der Waals surface area contributed by atoms with E-state index < -0.39 is 12.0 Å². The molecule has 0 aromatic carbocycles. The highest BCUT2D eigenvalue weighted by molar-refractivity contribution is 5.73. The SMILES string of the molecule is CNC(CNCCC1CCN(C)CC1)C(=O)O. The van der Waals surface area contributed by atoms with Crippen molar-refractivity contribution in [2.75, 3.05) is 40.3 Å². The number of piperidine rings is 1. The Morgan fingerprint density at radius 1 is 1.47 bits per heavy atom. The number of hydrogen-bond acceptors (Lipinski definition) is 4. The second kappa shape index (κ2) is 7.63. The van der Waals surface area contributed by atoms with E-state index in [1.807, 2.05) is 0 Å². The van der Waals surface area contributed by atoms with Gasteiger partial charge < -0.3 is 20.6 Å². The van der Waals surface area contributed by atoms with Gasteiger partial charge in [0.1, 0.15) is 6.04 Å². The van der Waals surface area contributed by atoms with Crippen molar-refractivity contribution in [1.29, 1.82) is 0 Å². The van der Waals surface area contributed by atoms with Gasteiger partial charge in [0.05, 0.1) is 0 Å². The highest BCUT2D eigenvalue weighted by atomic mass is 16.4. The molecule has 0 aromatic rings. The fourth-order valence-electron chi connectivity index (χ4n) is 2.22. The molecule has 1 unspecified atom stereocenters. The molecule has 1 aliphatic heterocycles. The van der Waals surface area contributed by atoms with Crippen LogP contribution in [0.15, 0.2) is 0 Å². The van der Waals surface area contributed by atoms with Gasteiger partial charge in [-0.05, 0) is 58.9 Å². The number of likely N-dealkylation sites (tertiary alicyclic amines) is 1. The molecule has 0 radical (unpaired) electrons. The van der Waals surface area contributed by atoms with Gasteiger partial charge >= 0.3 is 5.97 Å². The summed E-state index contributed by atoms with van der Waals surface area (Å²) in [7, 11) is 3.84. The van der Waals surface area contributed by atoms with Crippen molar-refractivity contribution in [2.24, 2.45) is 5.92 Å². The van der Waals surface area contributed by atoms with Gasteiger partial charge in [-0.2, -0.15) is 0 Å². The van der Waals surface area contributed by atoms with Crippen LogP contribution in [-0.4, -0.2) is 62.3 Å². The summed E-state index contributed by atoms with van der Waals surface area (Å²) in [6.45, 7) is 3.80. The first kappa shape index (κ1) is 14.4. The first-order valence-electron chi connectivity index (χ1n) is 6.42. The molecular weight excluding hydrogens is 218 g/mol. The van der Waals surface area contributed by atoms with E-state index in [0.29, 0.717) is 6.54 Å². The molecule has 0 saturated carbocycles. The maximum atomic E-state index is 10.8. The highest BCUT2D eigenvalue weighted by Gasteiger charge is 2.17. The van der Waals surface area contributed by atoms with E-state index in [2.05, 4.69) is 22.6 Å². The number of nitrogens with zero attached hydrogens (tertiary/aromatic N) is 1. The summed E-state index contributed by atoms with van der Waals surface area (Å²) in [6, 6.07) is -0.479. The first-order chi connectivity index (χ1) is 8.13. The maximum Gasteiger partial charge on any atom is 0.322 e. The Balaban J connectivity index is 2.05. The van der Waals surface area contributed by atoms with Crippen LogP contribution in [0.1, 0.15) is 19.3 Å². The van der Waals surface area contributed by atoms with Crippen LogP contribution < -0.4 is 10.6 Å². The minimum atomic E-state index is -0.792. The van der Waals surface area contributed by atoms with Crippen molar-refractivity contribution in [3.05, 3.63) is 0 Å². The average Bonchev–Trinajstić information content (AvgIpc) is 2.31. The molecule has 1 heterocycles.